The van der Waals surface area contributed by atoms with Crippen LogP contribution in [0.2, 0.25) is 5.02 Å². The maximum absolute atomic E-state index is 11.8. The highest BCUT2D eigenvalue weighted by Crippen LogP contribution is 2.35. The van der Waals surface area contributed by atoms with Gasteiger partial charge in [0.25, 0.3) is 5.91 Å². The number of nitrogens with one attached hydrogen (secondary N) is 1. The van der Waals surface area contributed by atoms with Crippen molar-refractivity contribution in [2.45, 2.75) is 32.9 Å². The zero-order valence-corrected chi connectivity index (χ0v) is 14.7. The predicted molar refractivity (Wildman–Crippen MR) is 94.7 cm³/mol. The maximum atomic E-state index is 11.8. The fourth-order valence-corrected chi connectivity index (χ4v) is 3.35. The Morgan fingerprint density at radius 1 is 1.26 bits per heavy atom. The van der Waals surface area contributed by atoms with Crippen molar-refractivity contribution in [3.8, 4) is 0 Å². The number of hydrogen-bond acceptors (Lipinski definition) is 4. The largest absolute Gasteiger partial charge is 0.449 e. The summed E-state index contributed by atoms with van der Waals surface area (Å²) in [6.45, 7) is 5.22. The lowest BCUT2D eigenvalue weighted by Gasteiger charge is -2.14. The summed E-state index contributed by atoms with van der Waals surface area (Å²) in [6.07, 6.45) is 2.06. The van der Waals surface area contributed by atoms with Crippen molar-refractivity contribution >= 4 is 51.0 Å². The van der Waals surface area contributed by atoms with E-state index in [1.165, 1.54) is 24.3 Å². The predicted octanol–water partition coefficient (Wildman–Crippen LogP) is 4.02. The number of carbonyl (C=O) groups is 2. The highest BCUT2D eigenvalue weighted by atomic mass is 35.5. The molecule has 2 rings (SSSR count). The average molecular weight is 352 g/mol. The fourth-order valence-electron chi connectivity index (χ4n) is 1.95. The summed E-state index contributed by atoms with van der Waals surface area (Å²) in [6, 6.07) is 7.75. The third-order valence-corrected chi connectivity index (χ3v) is 4.68. The molecule has 0 aliphatic carbocycles. The van der Waals surface area contributed by atoms with E-state index in [-0.39, 0.29) is 11.9 Å². The summed E-state index contributed by atoms with van der Waals surface area (Å²) in [5.74, 6) is -0.897. The molecule has 0 unspecified atom stereocenters. The van der Waals surface area contributed by atoms with Crippen LogP contribution in [0.5, 0.6) is 0 Å². The van der Waals surface area contributed by atoms with Crippen molar-refractivity contribution < 1.29 is 14.3 Å². The molecule has 1 aromatic heterocycles. The van der Waals surface area contributed by atoms with Crippen molar-refractivity contribution in [1.82, 2.24) is 5.32 Å². The molecule has 1 amide bonds. The number of ether oxygens (including phenoxy) is 1. The number of esters is 1. The summed E-state index contributed by atoms with van der Waals surface area (Å²) >= 11 is 7.79. The van der Waals surface area contributed by atoms with Crippen LogP contribution in [-0.4, -0.2) is 24.0 Å². The first kappa shape index (κ1) is 17.5. The Labute approximate surface area is 144 Å². The molecule has 1 heterocycles. The molecule has 0 aliphatic heterocycles. The summed E-state index contributed by atoms with van der Waals surface area (Å²) in [5, 5.41) is 4.26. The summed E-state index contributed by atoms with van der Waals surface area (Å²) in [4.78, 5) is 24.3. The van der Waals surface area contributed by atoms with Gasteiger partial charge in [-0.15, -0.1) is 11.3 Å². The van der Waals surface area contributed by atoms with Gasteiger partial charge in [-0.2, -0.15) is 0 Å². The van der Waals surface area contributed by atoms with Crippen LogP contribution in [-0.2, 0) is 14.3 Å². The summed E-state index contributed by atoms with van der Waals surface area (Å²) in [5.41, 5.74) is 0. The number of amides is 1. The highest BCUT2D eigenvalue weighted by Gasteiger charge is 2.17. The molecule has 0 radical (unpaired) electrons. The number of fused-ring (bicyclic) bond motifs is 1. The van der Waals surface area contributed by atoms with E-state index in [0.29, 0.717) is 5.02 Å². The van der Waals surface area contributed by atoms with E-state index < -0.39 is 12.1 Å². The molecule has 0 aliphatic rings. The molecule has 1 atom stereocenters. The van der Waals surface area contributed by atoms with Crippen molar-refractivity contribution in [2.75, 3.05) is 0 Å². The zero-order valence-electron chi connectivity index (χ0n) is 13.1. The summed E-state index contributed by atoms with van der Waals surface area (Å²) in [7, 11) is 0. The van der Waals surface area contributed by atoms with Crippen molar-refractivity contribution in [1.29, 1.82) is 0 Å². The molecule has 1 N–H and O–H groups in total. The number of hydrogen-bond donors (Lipinski definition) is 1. The topological polar surface area (TPSA) is 55.4 Å². The number of carbonyl (C=O) groups excluding carboxylic acids is 2. The normalized spacial score (nSPS) is 12.7. The molecule has 0 saturated heterocycles. The molecule has 0 bridgehead atoms. The molecule has 122 valence electrons. The lowest BCUT2D eigenvalue weighted by molar-refractivity contribution is -0.150. The van der Waals surface area contributed by atoms with E-state index >= 15 is 0 Å². The van der Waals surface area contributed by atoms with Gasteiger partial charge in [0.15, 0.2) is 6.10 Å². The van der Waals surface area contributed by atoms with E-state index in [1.807, 2.05) is 38.1 Å². The van der Waals surface area contributed by atoms with E-state index in [1.54, 1.807) is 6.08 Å². The third-order valence-electron chi connectivity index (χ3n) is 3.02. The van der Waals surface area contributed by atoms with Crippen LogP contribution in [0.4, 0.5) is 0 Å². The van der Waals surface area contributed by atoms with Crippen LogP contribution in [0, 0.1) is 0 Å². The number of thiophene rings is 1. The Morgan fingerprint density at radius 3 is 2.61 bits per heavy atom. The monoisotopic (exact) mass is 351 g/mol. The van der Waals surface area contributed by atoms with Gasteiger partial charge >= 0.3 is 5.97 Å². The SMILES string of the molecule is CC(C)NC(=O)[C@H](C)OC(=O)/C=C/c1sc2ccccc2c1Cl. The Morgan fingerprint density at radius 2 is 1.96 bits per heavy atom. The van der Waals surface area contributed by atoms with Crippen LogP contribution in [0.1, 0.15) is 25.6 Å². The van der Waals surface area contributed by atoms with Crippen LogP contribution in [0.15, 0.2) is 30.3 Å². The van der Waals surface area contributed by atoms with E-state index in [2.05, 4.69) is 5.32 Å². The molecular formula is C17H18ClNO3S. The Balaban J connectivity index is 2.02. The minimum atomic E-state index is -0.840. The lowest BCUT2D eigenvalue weighted by atomic mass is 10.2. The van der Waals surface area contributed by atoms with Crippen LogP contribution < -0.4 is 5.32 Å². The van der Waals surface area contributed by atoms with Gasteiger partial charge in [0, 0.05) is 27.1 Å². The van der Waals surface area contributed by atoms with E-state index in [9.17, 15) is 9.59 Å². The number of halogens is 1. The standard InChI is InChI=1S/C17H18ClNO3S/c1-10(2)19-17(21)11(3)22-15(20)9-8-14-16(18)12-6-4-5-7-13(12)23-14/h4-11H,1-3H3,(H,19,21)/b9-8+/t11-/m0/s1. The van der Waals surface area contributed by atoms with Gasteiger partial charge < -0.3 is 10.1 Å². The molecule has 0 spiro atoms. The average Bonchev–Trinajstić information content (AvgIpc) is 2.81. The van der Waals surface area contributed by atoms with Crippen LogP contribution in [0.25, 0.3) is 16.2 Å². The quantitative estimate of drug-likeness (QED) is 0.653. The number of rotatable bonds is 5. The van der Waals surface area contributed by atoms with Gasteiger partial charge in [-0.1, -0.05) is 29.8 Å². The van der Waals surface area contributed by atoms with Gasteiger partial charge in [-0.25, -0.2) is 4.79 Å². The van der Waals surface area contributed by atoms with Crippen molar-refractivity contribution in [3.63, 3.8) is 0 Å². The fraction of sp³-hybridized carbons (Fsp3) is 0.294. The molecule has 6 heteroatoms. The molecule has 23 heavy (non-hydrogen) atoms. The molecule has 1 aromatic carbocycles. The second-order valence-electron chi connectivity index (χ2n) is 5.35. The third kappa shape index (κ3) is 4.56. The second-order valence-corrected chi connectivity index (χ2v) is 6.81. The first-order valence-electron chi connectivity index (χ1n) is 7.24. The Bertz CT molecular complexity index is 751. The van der Waals surface area contributed by atoms with Gasteiger partial charge in [0.05, 0.1) is 5.02 Å². The molecular weight excluding hydrogens is 334 g/mol. The first-order valence-corrected chi connectivity index (χ1v) is 8.44. The van der Waals surface area contributed by atoms with Gasteiger partial charge in [0.1, 0.15) is 0 Å². The molecule has 0 fully saturated rings. The minimum absolute atomic E-state index is 0.00320. The van der Waals surface area contributed by atoms with E-state index in [0.717, 1.165) is 15.0 Å². The zero-order chi connectivity index (χ0) is 17.0. The molecule has 0 saturated carbocycles. The molecule has 2 aromatic rings. The lowest BCUT2D eigenvalue weighted by Crippen LogP contribution is -2.39. The summed E-state index contributed by atoms with van der Waals surface area (Å²) < 4.78 is 6.12. The van der Waals surface area contributed by atoms with Crippen LogP contribution >= 0.6 is 22.9 Å². The van der Waals surface area contributed by atoms with Crippen LogP contribution in [0.3, 0.4) is 0 Å². The van der Waals surface area contributed by atoms with Crippen molar-refractivity contribution in [3.05, 3.63) is 40.2 Å². The van der Waals surface area contributed by atoms with Gasteiger partial charge in [-0.3, -0.25) is 4.79 Å². The smallest absolute Gasteiger partial charge is 0.331 e. The van der Waals surface area contributed by atoms with Crippen molar-refractivity contribution in [2.24, 2.45) is 0 Å². The second kappa shape index (κ2) is 7.62. The Hall–Kier alpha value is -1.85. The van der Waals surface area contributed by atoms with Gasteiger partial charge in [-0.05, 0) is 32.9 Å². The highest BCUT2D eigenvalue weighted by molar-refractivity contribution is 7.20. The molecule has 4 nitrogen and oxygen atoms in total. The Kier molecular flexibility index (Phi) is 5.80. The van der Waals surface area contributed by atoms with E-state index in [4.69, 9.17) is 16.3 Å². The maximum Gasteiger partial charge on any atom is 0.331 e. The first-order chi connectivity index (χ1) is 10.9. The minimum Gasteiger partial charge on any atom is -0.449 e. The number of benzene rings is 1. The van der Waals surface area contributed by atoms with Gasteiger partial charge in [0.2, 0.25) is 0 Å².